The molecule has 96 valence electrons. The van der Waals surface area contributed by atoms with E-state index >= 15 is 0 Å². The van der Waals surface area contributed by atoms with Crippen LogP contribution in [0.2, 0.25) is 0 Å². The van der Waals surface area contributed by atoms with E-state index in [1.54, 1.807) is 6.92 Å². The lowest BCUT2D eigenvalue weighted by Crippen LogP contribution is -2.10. The summed E-state index contributed by atoms with van der Waals surface area (Å²) >= 11 is 0. The molecule has 1 aromatic carbocycles. The van der Waals surface area contributed by atoms with Gasteiger partial charge in [0, 0.05) is 6.54 Å². The van der Waals surface area contributed by atoms with E-state index in [4.69, 9.17) is 15.2 Å². The largest absolute Gasteiger partial charge is 0.492 e. The lowest BCUT2D eigenvalue weighted by Gasteiger charge is -2.05. The number of esters is 1. The Bertz CT molecular complexity index is 327. The molecule has 0 unspecified atom stereocenters. The van der Waals surface area contributed by atoms with Crippen LogP contribution in [0.5, 0.6) is 5.75 Å². The molecule has 0 saturated carbocycles. The standard InChI is InChI=1S/C12H17NO3.ClH/c1-2-15-12(14)9-10-3-5-11(6-4-10)16-8-7-13;/h3-6H,2,7-9,13H2,1H3;1H. The first-order valence-corrected chi connectivity index (χ1v) is 5.33. The highest BCUT2D eigenvalue weighted by molar-refractivity contribution is 5.85. The predicted molar refractivity (Wildman–Crippen MR) is 68.6 cm³/mol. The molecule has 0 amide bonds. The second-order valence-electron chi connectivity index (χ2n) is 3.26. The zero-order valence-electron chi connectivity index (χ0n) is 9.85. The molecule has 0 aromatic heterocycles. The smallest absolute Gasteiger partial charge is 0.310 e. The Morgan fingerprint density at radius 2 is 1.94 bits per heavy atom. The number of hydrogen-bond donors (Lipinski definition) is 1. The summed E-state index contributed by atoms with van der Waals surface area (Å²) in [6.07, 6.45) is 0.297. The van der Waals surface area contributed by atoms with Gasteiger partial charge in [-0.3, -0.25) is 4.79 Å². The molecule has 0 radical (unpaired) electrons. The normalized spacial score (nSPS) is 9.29. The number of hydrogen-bond acceptors (Lipinski definition) is 4. The van der Waals surface area contributed by atoms with Gasteiger partial charge in [-0.15, -0.1) is 12.4 Å². The zero-order chi connectivity index (χ0) is 11.8. The summed E-state index contributed by atoms with van der Waals surface area (Å²) in [5.41, 5.74) is 6.23. The van der Waals surface area contributed by atoms with Crippen LogP contribution in [-0.4, -0.2) is 25.7 Å². The van der Waals surface area contributed by atoms with E-state index in [2.05, 4.69) is 0 Å². The van der Waals surface area contributed by atoms with Crippen molar-refractivity contribution in [2.45, 2.75) is 13.3 Å². The summed E-state index contributed by atoms with van der Waals surface area (Å²) in [4.78, 5) is 11.2. The minimum absolute atomic E-state index is 0. The van der Waals surface area contributed by atoms with Crippen molar-refractivity contribution >= 4 is 18.4 Å². The van der Waals surface area contributed by atoms with Crippen molar-refractivity contribution in [2.75, 3.05) is 19.8 Å². The molecular weight excluding hydrogens is 242 g/mol. The highest BCUT2D eigenvalue weighted by Gasteiger charge is 2.03. The average Bonchev–Trinajstić information content (AvgIpc) is 2.28. The lowest BCUT2D eigenvalue weighted by molar-refractivity contribution is -0.142. The van der Waals surface area contributed by atoms with E-state index < -0.39 is 0 Å². The van der Waals surface area contributed by atoms with Crippen molar-refractivity contribution in [3.05, 3.63) is 29.8 Å². The van der Waals surface area contributed by atoms with Crippen LogP contribution in [-0.2, 0) is 16.0 Å². The van der Waals surface area contributed by atoms with E-state index in [9.17, 15) is 4.79 Å². The van der Waals surface area contributed by atoms with Crippen LogP contribution >= 0.6 is 12.4 Å². The first kappa shape index (κ1) is 15.7. The molecule has 1 rings (SSSR count). The van der Waals surface area contributed by atoms with Crippen molar-refractivity contribution in [3.8, 4) is 5.75 Å². The molecule has 5 heteroatoms. The first-order valence-electron chi connectivity index (χ1n) is 5.33. The van der Waals surface area contributed by atoms with Crippen molar-refractivity contribution < 1.29 is 14.3 Å². The summed E-state index contributed by atoms with van der Waals surface area (Å²) in [5.74, 6) is 0.552. The highest BCUT2D eigenvalue weighted by atomic mass is 35.5. The number of ether oxygens (including phenoxy) is 2. The Labute approximate surface area is 108 Å². The maximum atomic E-state index is 11.2. The molecule has 0 fully saturated rings. The van der Waals surface area contributed by atoms with E-state index in [-0.39, 0.29) is 18.4 Å². The zero-order valence-corrected chi connectivity index (χ0v) is 10.7. The van der Waals surface area contributed by atoms with Gasteiger partial charge in [-0.25, -0.2) is 0 Å². The highest BCUT2D eigenvalue weighted by Crippen LogP contribution is 2.12. The molecule has 17 heavy (non-hydrogen) atoms. The van der Waals surface area contributed by atoms with Gasteiger partial charge in [0.25, 0.3) is 0 Å². The van der Waals surface area contributed by atoms with Crippen LogP contribution in [0.15, 0.2) is 24.3 Å². The second kappa shape index (κ2) is 8.84. The van der Waals surface area contributed by atoms with Crippen LogP contribution < -0.4 is 10.5 Å². The fraction of sp³-hybridized carbons (Fsp3) is 0.417. The Balaban J connectivity index is 0.00000256. The van der Waals surface area contributed by atoms with Gasteiger partial charge >= 0.3 is 5.97 Å². The fourth-order valence-electron chi connectivity index (χ4n) is 1.26. The molecule has 0 bridgehead atoms. The van der Waals surface area contributed by atoms with Crippen LogP contribution in [0.25, 0.3) is 0 Å². The molecule has 0 spiro atoms. The van der Waals surface area contributed by atoms with Gasteiger partial charge in [0.15, 0.2) is 0 Å². The summed E-state index contributed by atoms with van der Waals surface area (Å²) in [7, 11) is 0. The fourth-order valence-corrected chi connectivity index (χ4v) is 1.26. The van der Waals surface area contributed by atoms with E-state index in [0.29, 0.717) is 26.2 Å². The molecule has 0 saturated heterocycles. The molecule has 4 nitrogen and oxygen atoms in total. The molecular formula is C12H18ClNO3. The van der Waals surface area contributed by atoms with Gasteiger partial charge in [-0.05, 0) is 24.6 Å². The van der Waals surface area contributed by atoms with E-state index in [0.717, 1.165) is 11.3 Å². The number of rotatable bonds is 6. The number of nitrogens with two attached hydrogens (primary N) is 1. The van der Waals surface area contributed by atoms with Crippen molar-refractivity contribution in [2.24, 2.45) is 5.73 Å². The molecule has 0 heterocycles. The number of carbonyl (C=O) groups excluding carboxylic acids is 1. The van der Waals surface area contributed by atoms with E-state index in [1.807, 2.05) is 24.3 Å². The summed E-state index contributed by atoms with van der Waals surface area (Å²) < 4.78 is 10.2. The molecule has 1 aromatic rings. The molecule has 0 atom stereocenters. The Kier molecular flexibility index (Phi) is 8.19. The second-order valence-corrected chi connectivity index (χ2v) is 3.26. The number of benzene rings is 1. The lowest BCUT2D eigenvalue weighted by atomic mass is 10.1. The maximum absolute atomic E-state index is 11.2. The molecule has 0 aliphatic heterocycles. The van der Waals surface area contributed by atoms with Gasteiger partial charge in [0.2, 0.25) is 0 Å². The Morgan fingerprint density at radius 1 is 1.29 bits per heavy atom. The predicted octanol–water partition coefficient (Wildman–Crippen LogP) is 1.55. The maximum Gasteiger partial charge on any atom is 0.310 e. The monoisotopic (exact) mass is 259 g/mol. The third kappa shape index (κ3) is 6.14. The van der Waals surface area contributed by atoms with Gasteiger partial charge in [-0.2, -0.15) is 0 Å². The molecule has 2 N–H and O–H groups in total. The van der Waals surface area contributed by atoms with Crippen LogP contribution in [0, 0.1) is 0 Å². The van der Waals surface area contributed by atoms with Crippen LogP contribution in [0.1, 0.15) is 12.5 Å². The van der Waals surface area contributed by atoms with Gasteiger partial charge < -0.3 is 15.2 Å². The van der Waals surface area contributed by atoms with Crippen molar-refractivity contribution in [3.63, 3.8) is 0 Å². The topological polar surface area (TPSA) is 61.5 Å². The Hall–Kier alpha value is -1.26. The minimum Gasteiger partial charge on any atom is -0.492 e. The van der Waals surface area contributed by atoms with E-state index in [1.165, 1.54) is 0 Å². The number of halogens is 1. The Morgan fingerprint density at radius 3 is 2.47 bits per heavy atom. The third-order valence-corrected chi connectivity index (χ3v) is 1.96. The molecule has 0 aliphatic rings. The van der Waals surface area contributed by atoms with Crippen LogP contribution in [0.4, 0.5) is 0 Å². The van der Waals surface area contributed by atoms with Gasteiger partial charge in [0.05, 0.1) is 13.0 Å². The van der Waals surface area contributed by atoms with Gasteiger partial charge in [0.1, 0.15) is 12.4 Å². The summed E-state index contributed by atoms with van der Waals surface area (Å²) in [6.45, 7) is 3.19. The average molecular weight is 260 g/mol. The van der Waals surface area contributed by atoms with Crippen LogP contribution in [0.3, 0.4) is 0 Å². The summed E-state index contributed by atoms with van der Waals surface area (Å²) in [5, 5.41) is 0. The van der Waals surface area contributed by atoms with Crippen molar-refractivity contribution in [1.82, 2.24) is 0 Å². The minimum atomic E-state index is -0.210. The number of carbonyl (C=O) groups is 1. The molecule has 0 aliphatic carbocycles. The summed E-state index contributed by atoms with van der Waals surface area (Å²) in [6, 6.07) is 7.35. The van der Waals surface area contributed by atoms with Crippen molar-refractivity contribution in [1.29, 1.82) is 0 Å². The SMILES string of the molecule is CCOC(=O)Cc1ccc(OCCN)cc1.Cl. The quantitative estimate of drug-likeness (QED) is 0.788. The first-order chi connectivity index (χ1) is 7.76. The third-order valence-electron chi connectivity index (χ3n) is 1.96. The van der Waals surface area contributed by atoms with Gasteiger partial charge in [-0.1, -0.05) is 12.1 Å².